The zero-order valence-electron chi connectivity index (χ0n) is 13.9. The molecule has 128 valence electrons. The molecule has 0 amide bonds. The fourth-order valence-electron chi connectivity index (χ4n) is 2.92. The number of fused-ring (bicyclic) bond motifs is 1. The van der Waals surface area contributed by atoms with Crippen molar-refractivity contribution in [1.29, 1.82) is 0 Å². The minimum Gasteiger partial charge on any atom is -0.378 e. The Labute approximate surface area is 155 Å². The van der Waals surface area contributed by atoms with Gasteiger partial charge in [0.2, 0.25) is 0 Å². The summed E-state index contributed by atoms with van der Waals surface area (Å²) in [6.45, 7) is 0.398. The second-order valence-electron chi connectivity index (χ2n) is 5.86. The molecule has 0 radical (unpaired) electrons. The van der Waals surface area contributed by atoms with Crippen molar-refractivity contribution in [2.45, 2.75) is 6.54 Å². The number of hydrogen-bond acceptors (Lipinski definition) is 3. The fourth-order valence-corrected chi connectivity index (χ4v) is 3.14. The van der Waals surface area contributed by atoms with E-state index in [0.717, 1.165) is 5.69 Å². The van der Waals surface area contributed by atoms with Crippen LogP contribution < -0.4 is 10.9 Å². The number of rotatable bonds is 4. The first kappa shape index (κ1) is 16.4. The molecular weight excluding hydrogens is 346 g/mol. The molecule has 0 saturated heterocycles. The molecule has 0 saturated carbocycles. The highest BCUT2D eigenvalue weighted by molar-refractivity contribution is 6.32. The Bertz CT molecular complexity index is 1120. The van der Waals surface area contributed by atoms with Crippen molar-refractivity contribution in [3.63, 3.8) is 0 Å². The Hall–Kier alpha value is -3.11. The maximum absolute atomic E-state index is 13.1. The van der Waals surface area contributed by atoms with E-state index in [0.29, 0.717) is 34.0 Å². The fraction of sp³-hybridized carbons (Fsp3) is 0.0476. The summed E-state index contributed by atoms with van der Waals surface area (Å²) in [4.78, 5) is 17.9. The predicted molar refractivity (Wildman–Crippen MR) is 106 cm³/mol. The average molecular weight is 362 g/mol. The number of anilines is 1. The number of nitrogens with one attached hydrogen (secondary N) is 1. The first-order valence-corrected chi connectivity index (χ1v) is 8.66. The van der Waals surface area contributed by atoms with Crippen LogP contribution >= 0.6 is 11.6 Å². The van der Waals surface area contributed by atoms with E-state index in [1.807, 2.05) is 66.7 Å². The van der Waals surface area contributed by atoms with E-state index in [-0.39, 0.29) is 5.56 Å². The van der Waals surface area contributed by atoms with Crippen LogP contribution in [0.2, 0.25) is 5.02 Å². The normalized spacial score (nSPS) is 10.8. The SMILES string of the molecule is O=c1c2ccccc2nc(CNc2ccccc2)n1-c1ccccc1Cl. The molecule has 3 aromatic carbocycles. The van der Waals surface area contributed by atoms with Crippen molar-refractivity contribution in [1.82, 2.24) is 9.55 Å². The van der Waals surface area contributed by atoms with Crippen LogP contribution in [0.3, 0.4) is 0 Å². The number of aromatic nitrogens is 2. The van der Waals surface area contributed by atoms with Crippen molar-refractivity contribution in [2.24, 2.45) is 0 Å². The summed E-state index contributed by atoms with van der Waals surface area (Å²) in [5.41, 5.74) is 2.13. The third-order valence-corrected chi connectivity index (χ3v) is 4.48. The lowest BCUT2D eigenvalue weighted by Gasteiger charge is -2.15. The van der Waals surface area contributed by atoms with Gasteiger partial charge in [-0.15, -0.1) is 0 Å². The van der Waals surface area contributed by atoms with Gasteiger partial charge in [0.1, 0.15) is 5.82 Å². The molecular formula is C21H16ClN3O. The van der Waals surface area contributed by atoms with Gasteiger partial charge >= 0.3 is 0 Å². The quantitative estimate of drug-likeness (QED) is 0.575. The van der Waals surface area contributed by atoms with Crippen LogP contribution in [0.5, 0.6) is 0 Å². The third kappa shape index (κ3) is 3.07. The van der Waals surface area contributed by atoms with E-state index in [2.05, 4.69) is 5.32 Å². The first-order chi connectivity index (χ1) is 12.7. The Morgan fingerprint density at radius 3 is 2.38 bits per heavy atom. The number of para-hydroxylation sites is 3. The smallest absolute Gasteiger partial charge is 0.266 e. The van der Waals surface area contributed by atoms with Gasteiger partial charge in [-0.05, 0) is 36.4 Å². The zero-order chi connectivity index (χ0) is 17.9. The first-order valence-electron chi connectivity index (χ1n) is 8.28. The Balaban J connectivity index is 1.88. The van der Waals surface area contributed by atoms with Gasteiger partial charge in [0.25, 0.3) is 5.56 Å². The molecule has 0 atom stereocenters. The predicted octanol–water partition coefficient (Wildman–Crippen LogP) is 4.65. The van der Waals surface area contributed by atoms with E-state index in [1.54, 1.807) is 16.7 Å². The molecule has 0 aliphatic carbocycles. The number of halogens is 1. The lowest BCUT2D eigenvalue weighted by Crippen LogP contribution is -2.25. The van der Waals surface area contributed by atoms with Gasteiger partial charge in [-0.2, -0.15) is 0 Å². The van der Waals surface area contributed by atoms with Crippen molar-refractivity contribution in [3.05, 3.63) is 100 Å². The molecule has 5 heteroatoms. The topological polar surface area (TPSA) is 46.9 Å². The van der Waals surface area contributed by atoms with Gasteiger partial charge in [0.05, 0.1) is 28.2 Å². The number of benzene rings is 3. The van der Waals surface area contributed by atoms with E-state index in [9.17, 15) is 4.79 Å². The second-order valence-corrected chi connectivity index (χ2v) is 6.26. The average Bonchev–Trinajstić information content (AvgIpc) is 2.68. The molecule has 26 heavy (non-hydrogen) atoms. The Morgan fingerprint density at radius 1 is 0.885 bits per heavy atom. The molecule has 4 nitrogen and oxygen atoms in total. The van der Waals surface area contributed by atoms with Crippen LogP contribution in [0.4, 0.5) is 5.69 Å². The minimum atomic E-state index is -0.131. The molecule has 4 rings (SSSR count). The Kier molecular flexibility index (Phi) is 4.42. The van der Waals surface area contributed by atoms with Gasteiger partial charge in [0.15, 0.2) is 0 Å². The van der Waals surface area contributed by atoms with Gasteiger partial charge in [-0.1, -0.05) is 54.1 Å². The van der Waals surface area contributed by atoms with Crippen molar-refractivity contribution < 1.29 is 0 Å². The zero-order valence-corrected chi connectivity index (χ0v) is 14.6. The van der Waals surface area contributed by atoms with Crippen LogP contribution in [0.25, 0.3) is 16.6 Å². The molecule has 1 N–H and O–H groups in total. The summed E-state index contributed by atoms with van der Waals surface area (Å²) in [7, 11) is 0. The van der Waals surface area contributed by atoms with Gasteiger partial charge < -0.3 is 5.32 Å². The summed E-state index contributed by atoms with van der Waals surface area (Å²) >= 11 is 6.36. The van der Waals surface area contributed by atoms with Crippen molar-refractivity contribution in [2.75, 3.05) is 5.32 Å². The number of hydrogen-bond donors (Lipinski definition) is 1. The highest BCUT2D eigenvalue weighted by Crippen LogP contribution is 2.21. The van der Waals surface area contributed by atoms with E-state index in [4.69, 9.17) is 16.6 Å². The summed E-state index contributed by atoms with van der Waals surface area (Å²) in [5, 5.41) is 4.39. The van der Waals surface area contributed by atoms with Crippen LogP contribution in [0.1, 0.15) is 5.82 Å². The number of nitrogens with zero attached hydrogens (tertiary/aromatic N) is 2. The highest BCUT2D eigenvalue weighted by Gasteiger charge is 2.14. The standard InChI is InChI=1S/C21H16ClN3O/c22-17-11-5-7-13-19(17)25-20(14-23-15-8-2-1-3-9-15)24-18-12-6-4-10-16(18)21(25)26/h1-13,23H,14H2. The molecule has 0 bridgehead atoms. The van der Waals surface area contributed by atoms with Gasteiger partial charge in [-0.3, -0.25) is 9.36 Å². The lowest BCUT2D eigenvalue weighted by molar-refractivity contribution is 0.839. The molecule has 0 unspecified atom stereocenters. The van der Waals surface area contributed by atoms with E-state index >= 15 is 0 Å². The maximum atomic E-state index is 13.1. The van der Waals surface area contributed by atoms with Gasteiger partial charge in [-0.25, -0.2) is 4.98 Å². The van der Waals surface area contributed by atoms with Gasteiger partial charge in [0, 0.05) is 5.69 Å². The van der Waals surface area contributed by atoms with E-state index < -0.39 is 0 Å². The molecule has 0 fully saturated rings. The minimum absolute atomic E-state index is 0.131. The maximum Gasteiger partial charge on any atom is 0.266 e. The highest BCUT2D eigenvalue weighted by atomic mass is 35.5. The molecule has 0 aliphatic rings. The molecule has 1 heterocycles. The molecule has 0 spiro atoms. The Morgan fingerprint density at radius 2 is 1.58 bits per heavy atom. The monoisotopic (exact) mass is 361 g/mol. The third-order valence-electron chi connectivity index (χ3n) is 4.16. The summed E-state index contributed by atoms with van der Waals surface area (Å²) < 4.78 is 1.58. The summed E-state index contributed by atoms with van der Waals surface area (Å²) in [6, 6.07) is 24.5. The van der Waals surface area contributed by atoms with Crippen LogP contribution in [-0.2, 0) is 6.54 Å². The van der Waals surface area contributed by atoms with E-state index in [1.165, 1.54) is 0 Å². The van der Waals surface area contributed by atoms with Crippen LogP contribution in [-0.4, -0.2) is 9.55 Å². The molecule has 1 aromatic heterocycles. The summed E-state index contributed by atoms with van der Waals surface area (Å²) in [5.74, 6) is 0.602. The van der Waals surface area contributed by atoms with Crippen molar-refractivity contribution in [3.8, 4) is 5.69 Å². The van der Waals surface area contributed by atoms with Crippen LogP contribution in [0, 0.1) is 0 Å². The lowest BCUT2D eigenvalue weighted by atomic mass is 10.2. The summed E-state index contributed by atoms with van der Waals surface area (Å²) in [6.07, 6.45) is 0. The molecule has 4 aromatic rings. The molecule has 0 aliphatic heterocycles. The van der Waals surface area contributed by atoms with Crippen LogP contribution in [0.15, 0.2) is 83.7 Å². The second kappa shape index (κ2) is 7.02. The largest absolute Gasteiger partial charge is 0.378 e. The van der Waals surface area contributed by atoms with Crippen molar-refractivity contribution >= 4 is 28.2 Å².